The monoisotopic (exact) mass is 386 g/mol. The Bertz CT molecular complexity index is 600. The van der Waals surface area contributed by atoms with Crippen molar-refractivity contribution in [3.8, 4) is 0 Å². The Hall–Kier alpha value is -0.290. The van der Waals surface area contributed by atoms with Crippen molar-refractivity contribution < 1.29 is 8.42 Å². The van der Waals surface area contributed by atoms with Crippen molar-refractivity contribution in [3.63, 3.8) is 0 Å². The van der Waals surface area contributed by atoms with E-state index in [4.69, 9.17) is 0 Å². The van der Waals surface area contributed by atoms with Crippen molar-refractivity contribution in [2.24, 2.45) is 5.92 Å². The summed E-state index contributed by atoms with van der Waals surface area (Å²) in [6.07, 6.45) is 5.55. The Morgan fingerprint density at radius 3 is 2.65 bits per heavy atom. The summed E-state index contributed by atoms with van der Waals surface area (Å²) in [5.74, 6) is 0.553. The molecular weight excluding hydrogens is 352 g/mol. The number of hydrogen-bond donors (Lipinski definition) is 3. The highest BCUT2D eigenvalue weighted by atomic mass is 32.2. The van der Waals surface area contributed by atoms with Gasteiger partial charge in [0, 0.05) is 51.4 Å². The zero-order chi connectivity index (χ0) is 18.3. The van der Waals surface area contributed by atoms with Gasteiger partial charge in [0.05, 0.1) is 0 Å². The molecule has 0 aromatic heterocycles. The fraction of sp³-hybridized carbons (Fsp3) is 1.00. The smallest absolute Gasteiger partial charge is 0.217 e. The van der Waals surface area contributed by atoms with Gasteiger partial charge in [-0.2, -0.15) is 0 Å². The van der Waals surface area contributed by atoms with E-state index in [0.29, 0.717) is 25.0 Å². The van der Waals surface area contributed by atoms with Crippen LogP contribution < -0.4 is 15.6 Å². The molecule has 9 heteroatoms. The van der Waals surface area contributed by atoms with Gasteiger partial charge in [-0.05, 0) is 45.2 Å². The van der Waals surface area contributed by atoms with Crippen LogP contribution in [0.5, 0.6) is 0 Å². The normalized spacial score (nSPS) is 40.8. The summed E-state index contributed by atoms with van der Waals surface area (Å²) in [5, 5.41) is 3.93. The van der Waals surface area contributed by atoms with E-state index in [1.807, 2.05) is 7.05 Å². The fourth-order valence-corrected chi connectivity index (χ4v) is 6.85. The molecule has 0 aromatic rings. The zero-order valence-electron chi connectivity index (χ0n) is 16.0. The van der Waals surface area contributed by atoms with Crippen molar-refractivity contribution in [3.05, 3.63) is 0 Å². The molecule has 3 saturated heterocycles. The van der Waals surface area contributed by atoms with E-state index >= 15 is 0 Å². The van der Waals surface area contributed by atoms with Crippen LogP contribution >= 0.6 is 0 Å². The van der Waals surface area contributed by atoms with Gasteiger partial charge in [-0.15, -0.1) is 0 Å². The highest BCUT2D eigenvalue weighted by Crippen LogP contribution is 2.31. The number of likely N-dealkylation sites (N-methyl/N-ethyl adjacent to an activating group) is 2. The molecule has 0 amide bonds. The molecule has 1 aliphatic carbocycles. The first-order valence-corrected chi connectivity index (χ1v) is 11.6. The Morgan fingerprint density at radius 1 is 1.00 bits per heavy atom. The maximum absolute atomic E-state index is 13.1. The van der Waals surface area contributed by atoms with Crippen LogP contribution in [0.25, 0.3) is 0 Å². The second-order valence-corrected chi connectivity index (χ2v) is 10.6. The van der Waals surface area contributed by atoms with Gasteiger partial charge in [0.1, 0.15) is 5.25 Å². The van der Waals surface area contributed by atoms with E-state index in [1.54, 1.807) is 0 Å². The van der Waals surface area contributed by atoms with Crippen molar-refractivity contribution >= 4 is 10.0 Å². The Labute approximate surface area is 157 Å². The van der Waals surface area contributed by atoms with Gasteiger partial charge in [0.15, 0.2) is 0 Å². The molecule has 150 valence electrons. The van der Waals surface area contributed by atoms with Gasteiger partial charge >= 0.3 is 0 Å². The lowest BCUT2D eigenvalue weighted by Gasteiger charge is -2.37. The zero-order valence-corrected chi connectivity index (χ0v) is 16.8. The van der Waals surface area contributed by atoms with Crippen LogP contribution in [0, 0.1) is 5.92 Å². The molecule has 0 bridgehead atoms. The first-order chi connectivity index (χ1) is 12.4. The molecule has 4 fully saturated rings. The van der Waals surface area contributed by atoms with Crippen molar-refractivity contribution in [2.45, 2.75) is 55.5 Å². The lowest BCUT2D eigenvalue weighted by molar-refractivity contribution is 0.0974. The Morgan fingerprint density at radius 2 is 1.85 bits per heavy atom. The fourth-order valence-electron chi connectivity index (χ4n) is 5.33. The van der Waals surface area contributed by atoms with E-state index in [0.717, 1.165) is 38.9 Å². The topological polar surface area (TPSA) is 80.0 Å². The summed E-state index contributed by atoms with van der Waals surface area (Å²) < 4.78 is 29.2. The standard InChI is InChI=1S/C17H34N6O2S/c1-21-8-4-6-14(11-21)23-12-15(10-19-23)26(24,25)20-16-7-3-5-13-9-18-22(2)17(13)16/h13-20H,3-12H2,1-2H3/t13?,14-,15?,16?,17?/m0/s1. The highest BCUT2D eigenvalue weighted by Gasteiger charge is 2.44. The van der Waals surface area contributed by atoms with Gasteiger partial charge in [0.25, 0.3) is 0 Å². The molecule has 26 heavy (non-hydrogen) atoms. The summed E-state index contributed by atoms with van der Waals surface area (Å²) in [4.78, 5) is 2.33. The number of nitrogens with one attached hydrogen (secondary N) is 3. The molecule has 0 aromatic carbocycles. The van der Waals surface area contributed by atoms with Crippen LogP contribution in [0.15, 0.2) is 0 Å². The number of fused-ring (bicyclic) bond motifs is 1. The summed E-state index contributed by atoms with van der Waals surface area (Å²) >= 11 is 0. The van der Waals surface area contributed by atoms with E-state index in [1.165, 1.54) is 12.8 Å². The summed E-state index contributed by atoms with van der Waals surface area (Å²) in [6, 6.07) is 0.711. The number of sulfonamides is 1. The molecule has 8 nitrogen and oxygen atoms in total. The van der Waals surface area contributed by atoms with Gasteiger partial charge < -0.3 is 4.90 Å². The van der Waals surface area contributed by atoms with E-state index < -0.39 is 10.0 Å². The minimum atomic E-state index is -3.33. The average Bonchev–Trinajstić information content (AvgIpc) is 3.23. The summed E-state index contributed by atoms with van der Waals surface area (Å²) in [5.41, 5.74) is 6.73. The SMILES string of the molecule is CN1CCC[C@H](N2CC(S(=O)(=O)NC3CCCC4CNN(C)C43)CN2)C1. The second-order valence-electron chi connectivity index (χ2n) is 8.62. The molecule has 3 heterocycles. The van der Waals surface area contributed by atoms with Gasteiger partial charge in [-0.3, -0.25) is 10.9 Å². The third-order valence-corrected chi connectivity index (χ3v) is 8.58. The quantitative estimate of drug-likeness (QED) is 0.582. The predicted molar refractivity (Wildman–Crippen MR) is 102 cm³/mol. The van der Waals surface area contributed by atoms with Crippen LogP contribution in [-0.2, 0) is 10.0 Å². The molecule has 0 radical (unpaired) electrons. The van der Waals surface area contributed by atoms with Crippen LogP contribution in [-0.4, -0.2) is 93.5 Å². The van der Waals surface area contributed by atoms with Gasteiger partial charge in [0.2, 0.25) is 10.0 Å². The molecule has 0 spiro atoms. The van der Waals surface area contributed by atoms with Crippen LogP contribution in [0.3, 0.4) is 0 Å². The second kappa shape index (κ2) is 7.62. The number of piperidine rings is 1. The molecule has 3 aliphatic heterocycles. The van der Waals surface area contributed by atoms with Crippen LogP contribution in [0.2, 0.25) is 0 Å². The van der Waals surface area contributed by atoms with Crippen molar-refractivity contribution in [1.82, 2.24) is 30.5 Å². The van der Waals surface area contributed by atoms with E-state index in [9.17, 15) is 8.42 Å². The molecule has 1 saturated carbocycles. The summed E-state index contributed by atoms with van der Waals surface area (Å²) in [7, 11) is 0.851. The third-order valence-electron chi connectivity index (χ3n) is 6.75. The first kappa shape index (κ1) is 19.0. The minimum Gasteiger partial charge on any atom is -0.305 e. The largest absolute Gasteiger partial charge is 0.305 e. The molecule has 4 aliphatic rings. The average molecular weight is 387 g/mol. The number of hydrazine groups is 2. The number of likely N-dealkylation sites (tertiary alicyclic amines) is 1. The van der Waals surface area contributed by atoms with Crippen molar-refractivity contribution in [2.75, 3.05) is 46.8 Å². The van der Waals surface area contributed by atoms with Crippen molar-refractivity contribution in [1.29, 1.82) is 0 Å². The van der Waals surface area contributed by atoms with Crippen LogP contribution in [0.4, 0.5) is 0 Å². The predicted octanol–water partition coefficient (Wildman–Crippen LogP) is -0.824. The highest BCUT2D eigenvalue weighted by molar-refractivity contribution is 7.90. The van der Waals surface area contributed by atoms with E-state index in [-0.39, 0.29) is 17.3 Å². The lowest BCUT2D eigenvalue weighted by Crippen LogP contribution is -2.55. The number of hydrogen-bond acceptors (Lipinski definition) is 7. The van der Waals surface area contributed by atoms with Crippen LogP contribution in [0.1, 0.15) is 32.1 Å². The maximum Gasteiger partial charge on any atom is 0.217 e. The number of rotatable bonds is 4. The summed E-state index contributed by atoms with van der Waals surface area (Å²) in [6.45, 7) is 4.22. The van der Waals surface area contributed by atoms with Gasteiger partial charge in [-0.1, -0.05) is 6.42 Å². The minimum absolute atomic E-state index is 0.0219. The molecular formula is C17H34N6O2S. The van der Waals surface area contributed by atoms with E-state index in [2.05, 4.69) is 37.5 Å². The third kappa shape index (κ3) is 3.80. The maximum atomic E-state index is 13.1. The molecule has 3 N–H and O–H groups in total. The Balaban J connectivity index is 1.38. The molecule has 5 atom stereocenters. The molecule has 4 unspecified atom stereocenters. The molecule has 4 rings (SSSR count). The van der Waals surface area contributed by atoms with Gasteiger partial charge in [-0.25, -0.2) is 23.2 Å². The number of nitrogens with zero attached hydrogens (tertiary/aromatic N) is 3. The Kier molecular flexibility index (Phi) is 5.58. The lowest BCUT2D eigenvalue weighted by atomic mass is 9.82. The first-order valence-electron chi connectivity index (χ1n) is 10.1.